The molecule has 5 aromatic rings. The number of nitrogens with zero attached hydrogens (tertiary/aromatic N) is 1. The first-order chi connectivity index (χ1) is 14.9. The highest BCUT2D eigenvalue weighted by Gasteiger charge is 2.29. The summed E-state index contributed by atoms with van der Waals surface area (Å²) in [6.07, 6.45) is 1.76. The van der Waals surface area contributed by atoms with Gasteiger partial charge < -0.3 is 4.74 Å². The van der Waals surface area contributed by atoms with E-state index in [1.54, 1.807) is 47.0 Å². The fraction of sp³-hybridized carbons (Fsp3) is 0.0417. The molecular formula is C24H13F5NO+. The van der Waals surface area contributed by atoms with Crippen molar-refractivity contribution in [2.24, 2.45) is 0 Å². The Bertz CT molecular complexity index is 1500. The van der Waals surface area contributed by atoms with Crippen molar-refractivity contribution in [3.8, 4) is 16.9 Å². The molecule has 0 radical (unpaired) electrons. The molecule has 5 rings (SSSR count). The summed E-state index contributed by atoms with van der Waals surface area (Å²) in [5.74, 6) is -9.33. The Hall–Kier alpha value is -3.74. The molecule has 0 aliphatic heterocycles. The van der Waals surface area contributed by atoms with Crippen LogP contribution < -0.4 is 9.14 Å². The van der Waals surface area contributed by atoms with E-state index < -0.39 is 34.6 Å². The van der Waals surface area contributed by atoms with E-state index >= 15 is 0 Å². The van der Waals surface area contributed by atoms with Crippen LogP contribution in [0.3, 0.4) is 0 Å². The predicted octanol–water partition coefficient (Wildman–Crippen LogP) is 6.10. The summed E-state index contributed by atoms with van der Waals surface area (Å²) in [5, 5.41) is 1.64. The summed E-state index contributed by atoms with van der Waals surface area (Å²) < 4.78 is 78.1. The molecule has 0 aliphatic rings. The van der Waals surface area contributed by atoms with Crippen molar-refractivity contribution in [2.75, 3.05) is 7.11 Å². The monoisotopic (exact) mass is 426 g/mol. The Morgan fingerprint density at radius 3 is 2.10 bits per heavy atom. The number of ether oxygens (including phenoxy) is 1. The summed E-state index contributed by atoms with van der Waals surface area (Å²) in [6, 6.07) is 15.2. The molecule has 0 saturated heterocycles. The van der Waals surface area contributed by atoms with Crippen LogP contribution in [-0.2, 0) is 0 Å². The third kappa shape index (κ3) is 2.66. The van der Waals surface area contributed by atoms with Crippen molar-refractivity contribution in [3.63, 3.8) is 0 Å². The first-order valence-electron chi connectivity index (χ1n) is 9.28. The minimum atomic E-state index is -2.19. The summed E-state index contributed by atoms with van der Waals surface area (Å²) in [6.45, 7) is 0. The van der Waals surface area contributed by atoms with Crippen LogP contribution in [0.4, 0.5) is 22.0 Å². The zero-order valence-corrected chi connectivity index (χ0v) is 16.0. The molecule has 2 nitrogen and oxygen atoms in total. The van der Waals surface area contributed by atoms with E-state index in [1.807, 2.05) is 6.07 Å². The third-order valence-corrected chi connectivity index (χ3v) is 5.41. The van der Waals surface area contributed by atoms with E-state index in [-0.39, 0.29) is 5.56 Å². The van der Waals surface area contributed by atoms with Crippen molar-refractivity contribution in [2.45, 2.75) is 0 Å². The maximum Gasteiger partial charge on any atom is 0.219 e. The number of hydrogen-bond acceptors (Lipinski definition) is 1. The number of pyridine rings is 2. The van der Waals surface area contributed by atoms with Gasteiger partial charge in [-0.3, -0.25) is 0 Å². The quantitative estimate of drug-likeness (QED) is 0.109. The number of benzene rings is 3. The third-order valence-electron chi connectivity index (χ3n) is 5.41. The fourth-order valence-corrected chi connectivity index (χ4v) is 4.03. The van der Waals surface area contributed by atoms with Crippen molar-refractivity contribution in [1.82, 2.24) is 0 Å². The zero-order chi connectivity index (χ0) is 21.9. The average molecular weight is 426 g/mol. The number of methoxy groups -OCH3 is 1. The fourth-order valence-electron chi connectivity index (χ4n) is 4.03. The highest BCUT2D eigenvalue weighted by atomic mass is 19.2. The van der Waals surface area contributed by atoms with Gasteiger partial charge in [-0.25, -0.2) is 22.0 Å². The van der Waals surface area contributed by atoms with Gasteiger partial charge in [-0.1, -0.05) is 18.2 Å². The molecule has 0 amide bonds. The van der Waals surface area contributed by atoms with Gasteiger partial charge in [0.1, 0.15) is 5.75 Å². The molecule has 3 aromatic carbocycles. The maximum absolute atomic E-state index is 14.7. The van der Waals surface area contributed by atoms with Crippen LogP contribution in [0.15, 0.2) is 60.8 Å². The topological polar surface area (TPSA) is 13.3 Å². The van der Waals surface area contributed by atoms with Crippen LogP contribution in [0.2, 0.25) is 0 Å². The van der Waals surface area contributed by atoms with Crippen molar-refractivity contribution in [1.29, 1.82) is 0 Å². The molecule has 0 bridgehead atoms. The second-order valence-corrected chi connectivity index (χ2v) is 7.01. The van der Waals surface area contributed by atoms with E-state index in [2.05, 4.69) is 0 Å². The van der Waals surface area contributed by atoms with Gasteiger partial charge in [0.2, 0.25) is 16.9 Å². The van der Waals surface area contributed by atoms with Crippen LogP contribution >= 0.6 is 0 Å². The average Bonchev–Trinajstić information content (AvgIpc) is 2.81. The largest absolute Gasteiger partial charge is 0.497 e. The molecule has 154 valence electrons. The van der Waals surface area contributed by atoms with Gasteiger partial charge in [-0.05, 0) is 18.2 Å². The normalized spacial score (nSPS) is 11.5. The van der Waals surface area contributed by atoms with Gasteiger partial charge in [0.15, 0.2) is 29.5 Å². The summed E-state index contributed by atoms with van der Waals surface area (Å²) in [7, 11) is 1.51. The second-order valence-electron chi connectivity index (χ2n) is 7.01. The van der Waals surface area contributed by atoms with Crippen LogP contribution in [0.1, 0.15) is 0 Å². The van der Waals surface area contributed by atoms with Crippen molar-refractivity contribution >= 4 is 27.2 Å². The molecule has 7 heteroatoms. The second kappa shape index (κ2) is 6.91. The van der Waals surface area contributed by atoms with Crippen LogP contribution in [0, 0.1) is 29.1 Å². The molecular weight excluding hydrogens is 413 g/mol. The SMILES string of the molecule is COc1ccc2c(c1)c1cccc(-c3c(F)c(F)c(F)c(F)c3F)c1c1cccc[n+]21. The molecule has 0 atom stereocenters. The predicted molar refractivity (Wildman–Crippen MR) is 106 cm³/mol. The van der Waals surface area contributed by atoms with E-state index in [0.29, 0.717) is 27.4 Å². The standard InChI is InChI=1S/C24H13F5NO/c1-31-12-8-9-16-15(11-12)13-5-4-6-14(18(13)17-7-2-3-10-30(16)17)19-20(25)22(27)24(29)23(28)21(19)26/h2-11H,1H3/q+1. The van der Waals surface area contributed by atoms with E-state index in [4.69, 9.17) is 4.74 Å². The van der Waals surface area contributed by atoms with Crippen LogP contribution in [0.25, 0.3) is 38.3 Å². The smallest absolute Gasteiger partial charge is 0.219 e. The highest BCUT2D eigenvalue weighted by Crippen LogP contribution is 2.39. The number of rotatable bonds is 2. The Kier molecular flexibility index (Phi) is 4.28. The maximum atomic E-state index is 14.7. The molecule has 0 unspecified atom stereocenters. The van der Waals surface area contributed by atoms with E-state index in [0.717, 1.165) is 5.52 Å². The van der Waals surface area contributed by atoms with Gasteiger partial charge >= 0.3 is 0 Å². The molecule has 0 aliphatic carbocycles. The Morgan fingerprint density at radius 1 is 0.677 bits per heavy atom. The Morgan fingerprint density at radius 2 is 1.39 bits per heavy atom. The van der Waals surface area contributed by atoms with Gasteiger partial charge in [0.05, 0.1) is 23.4 Å². The van der Waals surface area contributed by atoms with Gasteiger partial charge in [0.25, 0.3) is 0 Å². The summed E-state index contributed by atoms with van der Waals surface area (Å²) >= 11 is 0. The lowest BCUT2D eigenvalue weighted by Crippen LogP contribution is -2.22. The van der Waals surface area contributed by atoms with Gasteiger partial charge in [-0.2, -0.15) is 4.40 Å². The van der Waals surface area contributed by atoms with E-state index in [1.165, 1.54) is 19.2 Å². The highest BCUT2D eigenvalue weighted by molar-refractivity contribution is 6.15. The lowest BCUT2D eigenvalue weighted by Gasteiger charge is -2.13. The lowest BCUT2D eigenvalue weighted by molar-refractivity contribution is -0.480. The number of aromatic nitrogens is 1. The van der Waals surface area contributed by atoms with Crippen LogP contribution in [-0.4, -0.2) is 7.11 Å². The number of halogens is 5. The number of hydrogen-bond donors (Lipinski definition) is 0. The summed E-state index contributed by atoms with van der Waals surface area (Å²) in [5.41, 5.74) is 0.280. The molecule has 0 fully saturated rings. The van der Waals surface area contributed by atoms with E-state index in [9.17, 15) is 22.0 Å². The Balaban J connectivity index is 2.05. The molecule has 0 spiro atoms. The Labute approximate surface area is 172 Å². The molecule has 2 aromatic heterocycles. The molecule has 0 saturated carbocycles. The van der Waals surface area contributed by atoms with Crippen LogP contribution in [0.5, 0.6) is 5.75 Å². The molecule has 2 heterocycles. The van der Waals surface area contributed by atoms with Gasteiger partial charge in [-0.15, -0.1) is 0 Å². The lowest BCUT2D eigenvalue weighted by atomic mass is 9.94. The first-order valence-corrected chi connectivity index (χ1v) is 9.28. The molecule has 31 heavy (non-hydrogen) atoms. The first kappa shape index (κ1) is 19.2. The zero-order valence-electron chi connectivity index (χ0n) is 16.0. The van der Waals surface area contributed by atoms with Crippen molar-refractivity contribution < 1.29 is 31.1 Å². The molecule has 0 N–H and O–H groups in total. The minimum absolute atomic E-state index is 0.0984. The minimum Gasteiger partial charge on any atom is -0.497 e. The summed E-state index contributed by atoms with van der Waals surface area (Å²) in [4.78, 5) is 0. The van der Waals surface area contributed by atoms with Crippen molar-refractivity contribution in [3.05, 3.63) is 89.9 Å². The van der Waals surface area contributed by atoms with Gasteiger partial charge in [0, 0.05) is 29.1 Å². The number of fused-ring (bicyclic) bond motifs is 6.